The molecule has 61 heavy (non-hydrogen) atoms. The molecule has 1 aromatic rings. The first-order valence-electron chi connectivity index (χ1n) is 21.1. The molecule has 0 unspecified atom stereocenters. The van der Waals surface area contributed by atoms with Crippen LogP contribution in [0.25, 0.3) is 10.4 Å². The number of likely N-dealkylation sites (N-methyl/N-ethyl adjacent to an activating group) is 1. The molecule has 3 rings (SSSR count). The van der Waals surface area contributed by atoms with Crippen LogP contribution in [0.1, 0.15) is 72.3 Å². The van der Waals surface area contributed by atoms with E-state index in [1.165, 1.54) is 14.2 Å². The van der Waals surface area contributed by atoms with Gasteiger partial charge in [-0.3, -0.25) is 23.9 Å². The van der Waals surface area contributed by atoms with Crippen molar-refractivity contribution in [2.45, 2.75) is 110 Å². The topological polar surface area (TPSA) is 242 Å². The molecule has 0 radical (unpaired) electrons. The van der Waals surface area contributed by atoms with Crippen LogP contribution in [0.2, 0.25) is 0 Å². The number of hydrogen-bond donors (Lipinski definition) is 3. The average Bonchev–Trinajstić information content (AvgIpc) is 3.73. The number of nitrogens with one attached hydrogen (secondary N) is 3. The molecule has 2 fully saturated rings. The van der Waals surface area contributed by atoms with Crippen LogP contribution in [0.4, 0.5) is 4.79 Å². The van der Waals surface area contributed by atoms with Crippen molar-refractivity contribution in [3.63, 3.8) is 0 Å². The summed E-state index contributed by atoms with van der Waals surface area (Å²) in [6.45, 7) is 11.4. The highest BCUT2D eigenvalue weighted by Gasteiger charge is 2.43. The van der Waals surface area contributed by atoms with Gasteiger partial charge < -0.3 is 39.5 Å². The molecule has 2 heterocycles. The van der Waals surface area contributed by atoms with Crippen LogP contribution in [0, 0.1) is 17.8 Å². The summed E-state index contributed by atoms with van der Waals surface area (Å²) in [5.74, 6) is -3.70. The summed E-state index contributed by atoms with van der Waals surface area (Å²) < 4.78 is 44.8. The molecule has 2 aliphatic rings. The molecule has 3 N–H and O–H groups in total. The van der Waals surface area contributed by atoms with Crippen molar-refractivity contribution in [2.75, 3.05) is 66.4 Å². The molecule has 20 heteroatoms. The van der Waals surface area contributed by atoms with Gasteiger partial charge in [0.2, 0.25) is 27.7 Å². The van der Waals surface area contributed by atoms with Gasteiger partial charge in [-0.2, -0.15) is 0 Å². The number of likely N-dealkylation sites (tertiary alicyclic amines) is 1. The zero-order valence-electron chi connectivity index (χ0n) is 36.9. The van der Waals surface area contributed by atoms with Gasteiger partial charge >= 0.3 is 6.03 Å². The van der Waals surface area contributed by atoms with Gasteiger partial charge in [-0.1, -0.05) is 76.5 Å². The highest BCUT2D eigenvalue weighted by Crippen LogP contribution is 2.30. The summed E-state index contributed by atoms with van der Waals surface area (Å²) in [7, 11) is 0.522. The number of ether oxygens (including phenoxy) is 3. The molecular formula is C41H67N9O10S. The zero-order chi connectivity index (χ0) is 45.3. The predicted octanol–water partition coefficient (Wildman–Crippen LogP) is 2.85. The minimum absolute atomic E-state index is 0.00222. The second kappa shape index (κ2) is 24.8. The number of hydrogen-bond acceptors (Lipinski definition) is 11. The number of sulfonamides is 1. The number of carbonyl (C=O) groups is 5. The summed E-state index contributed by atoms with van der Waals surface area (Å²) >= 11 is 0. The number of amides is 6. The quantitative estimate of drug-likeness (QED) is 0.0629. The number of urea groups is 1. The summed E-state index contributed by atoms with van der Waals surface area (Å²) in [4.78, 5) is 76.6. The maximum atomic E-state index is 14.3. The van der Waals surface area contributed by atoms with E-state index < -0.39 is 69.9 Å². The van der Waals surface area contributed by atoms with Gasteiger partial charge in [0, 0.05) is 58.8 Å². The Kier molecular flexibility index (Phi) is 20.7. The molecule has 2 aliphatic heterocycles. The predicted molar refractivity (Wildman–Crippen MR) is 228 cm³/mol. The molecule has 6 amide bonds. The maximum Gasteiger partial charge on any atom is 0.318 e. The molecule has 1 aromatic carbocycles. The van der Waals surface area contributed by atoms with E-state index in [4.69, 9.17) is 19.7 Å². The van der Waals surface area contributed by atoms with Gasteiger partial charge in [-0.15, -0.1) is 0 Å². The molecule has 2 saturated heterocycles. The lowest BCUT2D eigenvalue weighted by Gasteiger charge is -2.41. The van der Waals surface area contributed by atoms with E-state index in [1.54, 1.807) is 59.0 Å². The average molecular weight is 878 g/mol. The second-order valence-electron chi connectivity index (χ2n) is 16.2. The number of nitrogens with zero attached hydrogens (tertiary/aromatic N) is 6. The number of azide groups is 1. The van der Waals surface area contributed by atoms with E-state index in [1.807, 2.05) is 32.4 Å². The lowest BCUT2D eigenvalue weighted by molar-refractivity contribution is -0.147. The molecule has 8 atom stereocenters. The number of rotatable bonds is 23. The van der Waals surface area contributed by atoms with Gasteiger partial charge in [0.25, 0.3) is 5.91 Å². The molecule has 342 valence electrons. The fourth-order valence-corrected chi connectivity index (χ4v) is 9.10. The Bertz CT molecular complexity index is 1760. The van der Waals surface area contributed by atoms with E-state index in [9.17, 15) is 32.4 Å². The Morgan fingerprint density at radius 3 is 2.26 bits per heavy atom. The largest absolute Gasteiger partial charge is 0.379 e. The van der Waals surface area contributed by atoms with E-state index in [0.29, 0.717) is 57.7 Å². The van der Waals surface area contributed by atoms with Crippen LogP contribution < -0.4 is 15.4 Å². The van der Waals surface area contributed by atoms with Crippen LogP contribution in [0.15, 0.2) is 35.4 Å². The van der Waals surface area contributed by atoms with Crippen molar-refractivity contribution < 1.29 is 46.6 Å². The molecule has 0 aliphatic carbocycles. The number of benzene rings is 1. The van der Waals surface area contributed by atoms with Crippen molar-refractivity contribution in [1.29, 1.82) is 0 Å². The first kappa shape index (κ1) is 50.9. The first-order chi connectivity index (χ1) is 29.0. The Balaban J connectivity index is 1.78. The van der Waals surface area contributed by atoms with Crippen molar-refractivity contribution in [2.24, 2.45) is 22.9 Å². The second-order valence-corrected chi connectivity index (χ2v) is 18.0. The zero-order valence-corrected chi connectivity index (χ0v) is 37.8. The van der Waals surface area contributed by atoms with Gasteiger partial charge in [-0.25, -0.2) is 13.2 Å². The lowest BCUT2D eigenvalue weighted by Crippen LogP contribution is -2.59. The Morgan fingerprint density at radius 1 is 1.00 bits per heavy atom. The molecule has 19 nitrogen and oxygen atoms in total. The summed E-state index contributed by atoms with van der Waals surface area (Å²) in [6.07, 6.45) is 0.273. The van der Waals surface area contributed by atoms with Crippen LogP contribution in [-0.4, -0.2) is 156 Å². The van der Waals surface area contributed by atoms with E-state index in [2.05, 4.69) is 20.7 Å². The fourth-order valence-electron chi connectivity index (χ4n) is 8.04. The number of carbonyl (C=O) groups excluding carboxylic acids is 5. The first-order valence-corrected chi connectivity index (χ1v) is 22.8. The van der Waals surface area contributed by atoms with Gasteiger partial charge in [0.15, 0.2) is 0 Å². The minimum atomic E-state index is -4.12. The SMILES string of the molecule is CC[C@H](C)[C@@H]([C@@H](CC(=O)N1CCC[C@H]1[C@H](OC)[C@@H](C)C(=O)N[C@@H](Cc1ccccc1)C(=O)NS(=O)(=O)CCCN=[N+]=[N-])OC)N(C)C(=O)[C@@H](NC(=O)N1CCOCC1)C(C)C. The number of morpholine rings is 1. The third-order valence-electron chi connectivity index (χ3n) is 11.7. The van der Waals surface area contributed by atoms with Crippen molar-refractivity contribution in [3.8, 4) is 0 Å². The standard InChI is InChI=1S/C41H67N9O10S/c1-9-28(4)36(48(6)40(54)35(27(2)3)45-41(55)49-20-22-60-23-21-49)33(58-7)26-34(51)50-19-13-17-32(50)37(59-8)29(5)38(52)44-31(25-30-15-11-10-12-16-30)39(53)46-61(56,57)24-14-18-43-47-42/h10-12,15-16,27-29,31-33,35-37H,9,13-14,17-26H2,1-8H3,(H,44,52)(H,45,55)(H,46,53)/t28-,29+,31-,32-,33+,35-,36-,37+/m0/s1. The Hall–Kier alpha value is -4.49. The highest BCUT2D eigenvalue weighted by atomic mass is 32.2. The summed E-state index contributed by atoms with van der Waals surface area (Å²) in [5.41, 5.74) is 9.18. The normalized spacial score (nSPS) is 19.1. The molecule has 0 saturated carbocycles. The van der Waals surface area contributed by atoms with Gasteiger partial charge in [0.1, 0.15) is 12.1 Å². The van der Waals surface area contributed by atoms with E-state index >= 15 is 0 Å². The summed E-state index contributed by atoms with van der Waals surface area (Å²) in [5, 5.41) is 9.00. The van der Waals surface area contributed by atoms with Gasteiger partial charge in [-0.05, 0) is 42.2 Å². The maximum absolute atomic E-state index is 14.3. The smallest absolute Gasteiger partial charge is 0.318 e. The van der Waals surface area contributed by atoms with Crippen molar-refractivity contribution in [1.82, 2.24) is 30.1 Å². The van der Waals surface area contributed by atoms with E-state index in [-0.39, 0.29) is 55.5 Å². The Labute approximate surface area is 360 Å². The minimum Gasteiger partial charge on any atom is -0.379 e. The molecule has 0 spiro atoms. The van der Waals surface area contributed by atoms with Crippen molar-refractivity contribution in [3.05, 3.63) is 46.3 Å². The third-order valence-corrected chi connectivity index (χ3v) is 13.0. The highest BCUT2D eigenvalue weighted by molar-refractivity contribution is 7.90. The monoisotopic (exact) mass is 877 g/mol. The Morgan fingerprint density at radius 2 is 1.67 bits per heavy atom. The molecular weight excluding hydrogens is 811 g/mol. The fraction of sp³-hybridized carbons (Fsp3) is 0.732. The molecule has 0 bridgehead atoms. The molecule has 0 aromatic heterocycles. The van der Waals surface area contributed by atoms with E-state index in [0.717, 1.165) is 0 Å². The summed E-state index contributed by atoms with van der Waals surface area (Å²) in [6, 6.07) is 5.35. The van der Waals surface area contributed by atoms with Crippen LogP contribution in [0.3, 0.4) is 0 Å². The van der Waals surface area contributed by atoms with Gasteiger partial charge in [0.05, 0.1) is 55.6 Å². The van der Waals surface area contributed by atoms with Crippen molar-refractivity contribution >= 4 is 39.7 Å². The lowest BCUT2D eigenvalue weighted by atomic mass is 9.89. The number of methoxy groups -OCH3 is 2. The van der Waals surface area contributed by atoms with Crippen LogP contribution in [0.5, 0.6) is 0 Å². The third kappa shape index (κ3) is 14.8. The van der Waals surface area contributed by atoms with Crippen LogP contribution >= 0.6 is 0 Å². The van der Waals surface area contributed by atoms with Crippen LogP contribution in [-0.2, 0) is 49.8 Å².